The van der Waals surface area contributed by atoms with Crippen LogP contribution in [-0.4, -0.2) is 9.13 Å². The molecule has 0 N–H and O–H groups in total. The Morgan fingerprint density at radius 1 is 0.409 bits per heavy atom. The van der Waals surface area contributed by atoms with Gasteiger partial charge in [0.2, 0.25) is 0 Å². The van der Waals surface area contributed by atoms with Crippen LogP contribution in [0.3, 0.4) is 0 Å². The van der Waals surface area contributed by atoms with Crippen molar-refractivity contribution in [2.75, 3.05) is 0 Å². The molecule has 0 saturated heterocycles. The van der Waals surface area contributed by atoms with Gasteiger partial charge in [0.25, 0.3) is 0 Å². The number of nitriles is 3. The van der Waals surface area contributed by atoms with E-state index < -0.39 is 0 Å². The molecule has 0 amide bonds. The maximum absolute atomic E-state index is 10.2. The molecule has 0 aliphatic heterocycles. The van der Waals surface area contributed by atoms with Gasteiger partial charge < -0.3 is 9.13 Å². The Labute approximate surface area is 252 Å². The van der Waals surface area contributed by atoms with Gasteiger partial charge in [0.15, 0.2) is 0 Å². The average Bonchev–Trinajstić information content (AvgIpc) is 3.59. The predicted molar refractivity (Wildman–Crippen MR) is 175 cm³/mol. The maximum Gasteiger partial charge on any atom is 0.101 e. The van der Waals surface area contributed by atoms with Crippen molar-refractivity contribution >= 4 is 43.6 Å². The summed E-state index contributed by atoms with van der Waals surface area (Å²) in [5, 5.41) is 34.3. The molecule has 8 rings (SSSR count). The molecular formula is C39H21N5. The summed E-state index contributed by atoms with van der Waals surface area (Å²) in [6.07, 6.45) is 0. The van der Waals surface area contributed by atoms with E-state index in [1.807, 2.05) is 41.0 Å². The zero-order chi connectivity index (χ0) is 29.8. The number of benzene rings is 6. The van der Waals surface area contributed by atoms with Crippen LogP contribution in [0, 0.1) is 34.0 Å². The normalized spacial score (nSPS) is 11.1. The quantitative estimate of drug-likeness (QED) is 0.216. The van der Waals surface area contributed by atoms with Gasteiger partial charge in [0.05, 0.1) is 50.5 Å². The molecule has 0 radical (unpaired) electrons. The van der Waals surface area contributed by atoms with E-state index in [-0.39, 0.29) is 16.7 Å². The fourth-order valence-corrected chi connectivity index (χ4v) is 6.52. The van der Waals surface area contributed by atoms with E-state index in [0.717, 1.165) is 60.4 Å². The van der Waals surface area contributed by atoms with E-state index in [9.17, 15) is 15.8 Å². The average molecular weight is 560 g/mol. The van der Waals surface area contributed by atoms with Crippen LogP contribution in [0.2, 0.25) is 0 Å². The first kappa shape index (κ1) is 25.1. The Morgan fingerprint density at radius 2 is 0.977 bits per heavy atom. The first-order chi connectivity index (χ1) is 21.7. The molecule has 6 aromatic carbocycles. The Morgan fingerprint density at radius 3 is 1.61 bits per heavy atom. The van der Waals surface area contributed by atoms with Gasteiger partial charge in [0, 0.05) is 27.2 Å². The highest BCUT2D eigenvalue weighted by molar-refractivity contribution is 6.19. The van der Waals surface area contributed by atoms with E-state index in [0.29, 0.717) is 5.69 Å². The Balaban J connectivity index is 1.52. The minimum absolute atomic E-state index is 0.277. The molecule has 0 fully saturated rings. The molecule has 5 heteroatoms. The molecule has 0 aliphatic carbocycles. The lowest BCUT2D eigenvalue weighted by Gasteiger charge is -2.13. The van der Waals surface area contributed by atoms with Crippen LogP contribution in [0.1, 0.15) is 16.7 Å². The van der Waals surface area contributed by atoms with Crippen LogP contribution in [0.15, 0.2) is 127 Å². The first-order valence-electron chi connectivity index (χ1n) is 14.2. The van der Waals surface area contributed by atoms with E-state index in [4.69, 9.17) is 0 Å². The summed E-state index contributed by atoms with van der Waals surface area (Å²) in [5.41, 5.74) is 8.48. The highest BCUT2D eigenvalue weighted by Gasteiger charge is 2.22. The number of hydrogen-bond donors (Lipinski definition) is 0. The zero-order valence-corrected chi connectivity index (χ0v) is 23.4. The van der Waals surface area contributed by atoms with Crippen molar-refractivity contribution in [2.45, 2.75) is 0 Å². The van der Waals surface area contributed by atoms with E-state index in [1.165, 1.54) is 0 Å². The van der Waals surface area contributed by atoms with E-state index in [1.54, 1.807) is 12.1 Å². The van der Waals surface area contributed by atoms with Crippen molar-refractivity contribution in [1.29, 1.82) is 15.8 Å². The molecular weight excluding hydrogens is 538 g/mol. The summed E-state index contributed by atoms with van der Waals surface area (Å²) < 4.78 is 4.29. The number of rotatable bonds is 3. The van der Waals surface area contributed by atoms with Crippen LogP contribution >= 0.6 is 0 Å². The zero-order valence-electron chi connectivity index (χ0n) is 23.4. The Kier molecular flexibility index (Phi) is 5.56. The number of para-hydroxylation sites is 2. The highest BCUT2D eigenvalue weighted by atomic mass is 15.0. The molecule has 0 atom stereocenters. The third kappa shape index (κ3) is 3.63. The van der Waals surface area contributed by atoms with Crippen molar-refractivity contribution in [2.24, 2.45) is 0 Å². The molecule has 44 heavy (non-hydrogen) atoms. The van der Waals surface area contributed by atoms with Gasteiger partial charge in [-0.1, -0.05) is 78.9 Å². The van der Waals surface area contributed by atoms with E-state index in [2.05, 4.69) is 102 Å². The second kappa shape index (κ2) is 9.74. The molecule has 0 aliphatic rings. The molecule has 0 saturated carbocycles. The fourth-order valence-electron chi connectivity index (χ4n) is 6.52. The molecule has 0 unspecified atom stereocenters. The minimum atomic E-state index is 0.277. The van der Waals surface area contributed by atoms with Gasteiger partial charge in [-0.05, 0) is 59.7 Å². The number of aromatic nitrogens is 2. The van der Waals surface area contributed by atoms with Crippen LogP contribution in [-0.2, 0) is 0 Å². The van der Waals surface area contributed by atoms with Gasteiger partial charge in [-0.3, -0.25) is 0 Å². The molecule has 0 spiro atoms. The van der Waals surface area contributed by atoms with Crippen LogP contribution < -0.4 is 0 Å². The van der Waals surface area contributed by atoms with Crippen LogP contribution in [0.4, 0.5) is 0 Å². The lowest BCUT2D eigenvalue weighted by atomic mass is 10.0. The van der Waals surface area contributed by atoms with Crippen LogP contribution in [0.5, 0.6) is 0 Å². The third-order valence-electron chi connectivity index (χ3n) is 8.38. The monoisotopic (exact) mass is 559 g/mol. The van der Waals surface area contributed by atoms with Crippen LogP contribution in [0.25, 0.3) is 66.1 Å². The third-order valence-corrected chi connectivity index (χ3v) is 8.38. The summed E-state index contributed by atoms with van der Waals surface area (Å²) >= 11 is 0. The van der Waals surface area contributed by atoms with E-state index >= 15 is 0 Å². The Hall–Kier alpha value is -6.61. The SMILES string of the molecule is N#Cc1cc(C#N)c(-n2c3ccccc3c3cc4c5ccccc5n(-c5cccc(-c6ccccc6)c5)c4cc32)c(C#N)c1. The molecule has 0 bridgehead atoms. The molecule has 8 aromatic rings. The summed E-state index contributed by atoms with van der Waals surface area (Å²) in [5.74, 6) is 0. The summed E-state index contributed by atoms with van der Waals surface area (Å²) in [4.78, 5) is 0. The molecule has 202 valence electrons. The van der Waals surface area contributed by atoms with Gasteiger partial charge >= 0.3 is 0 Å². The predicted octanol–water partition coefficient (Wildman–Crippen LogP) is 9.16. The van der Waals surface area contributed by atoms with Crippen molar-refractivity contribution in [1.82, 2.24) is 9.13 Å². The second-order valence-electron chi connectivity index (χ2n) is 10.8. The minimum Gasteiger partial charge on any atom is -0.309 e. The fraction of sp³-hybridized carbons (Fsp3) is 0. The van der Waals surface area contributed by atoms with Gasteiger partial charge in [-0.2, -0.15) is 15.8 Å². The van der Waals surface area contributed by atoms with Crippen molar-refractivity contribution < 1.29 is 0 Å². The highest BCUT2D eigenvalue weighted by Crippen LogP contribution is 2.41. The van der Waals surface area contributed by atoms with Crippen molar-refractivity contribution in [3.05, 3.63) is 144 Å². The van der Waals surface area contributed by atoms with Crippen molar-refractivity contribution in [3.63, 3.8) is 0 Å². The number of nitrogens with zero attached hydrogens (tertiary/aromatic N) is 5. The first-order valence-corrected chi connectivity index (χ1v) is 14.2. The summed E-state index contributed by atoms with van der Waals surface area (Å²) in [7, 11) is 0. The largest absolute Gasteiger partial charge is 0.309 e. The summed E-state index contributed by atoms with van der Waals surface area (Å²) in [6, 6.07) is 49.5. The van der Waals surface area contributed by atoms with Crippen molar-refractivity contribution in [3.8, 4) is 40.7 Å². The van der Waals surface area contributed by atoms with Gasteiger partial charge in [-0.25, -0.2) is 0 Å². The standard InChI is InChI=1S/C39H21N5/c40-22-25-17-28(23-41)39(29(18-25)24-42)44-36-16-7-5-14-32(36)34-20-33-31-13-4-6-15-35(31)43(37(33)21-38(34)44)30-12-8-11-27(19-30)26-9-2-1-3-10-26/h1-21H. The van der Waals surface area contributed by atoms with Gasteiger partial charge in [-0.15, -0.1) is 0 Å². The molecule has 2 aromatic heterocycles. The maximum atomic E-state index is 10.2. The topological polar surface area (TPSA) is 81.2 Å². The number of hydrogen-bond acceptors (Lipinski definition) is 3. The smallest absolute Gasteiger partial charge is 0.101 e. The molecule has 2 heterocycles. The lowest BCUT2D eigenvalue weighted by molar-refractivity contribution is 1.15. The second-order valence-corrected chi connectivity index (χ2v) is 10.8. The Bertz CT molecular complexity index is 2550. The summed E-state index contributed by atoms with van der Waals surface area (Å²) in [6.45, 7) is 0. The number of fused-ring (bicyclic) bond motifs is 6. The van der Waals surface area contributed by atoms with Gasteiger partial charge in [0.1, 0.15) is 12.1 Å². The lowest BCUT2D eigenvalue weighted by Crippen LogP contribution is -2.02. The molecule has 5 nitrogen and oxygen atoms in total.